The van der Waals surface area contributed by atoms with E-state index in [9.17, 15) is 4.79 Å². The largest absolute Gasteiger partial charge is 0.497 e. The Labute approximate surface area is 128 Å². The SMILES string of the molecule is CCCCN(C)C(=O)CC(C)c1ccc(OC)cc1OC. The topological polar surface area (TPSA) is 38.8 Å². The van der Waals surface area contributed by atoms with E-state index in [1.165, 1.54) is 0 Å². The highest BCUT2D eigenvalue weighted by Crippen LogP contribution is 2.32. The van der Waals surface area contributed by atoms with Gasteiger partial charge in [0.15, 0.2) is 0 Å². The average Bonchev–Trinajstić information content (AvgIpc) is 2.51. The molecule has 0 fully saturated rings. The normalized spacial score (nSPS) is 11.9. The summed E-state index contributed by atoms with van der Waals surface area (Å²) in [4.78, 5) is 14.0. The Hall–Kier alpha value is -1.71. The maximum atomic E-state index is 12.2. The molecule has 1 atom stereocenters. The molecule has 0 aromatic heterocycles. The molecule has 0 aliphatic carbocycles. The molecule has 1 aromatic rings. The summed E-state index contributed by atoms with van der Waals surface area (Å²) < 4.78 is 10.6. The van der Waals surface area contributed by atoms with E-state index in [4.69, 9.17) is 9.47 Å². The van der Waals surface area contributed by atoms with Gasteiger partial charge < -0.3 is 14.4 Å². The van der Waals surface area contributed by atoms with Crippen molar-refractivity contribution in [3.8, 4) is 11.5 Å². The van der Waals surface area contributed by atoms with Crippen LogP contribution in [0.25, 0.3) is 0 Å². The minimum absolute atomic E-state index is 0.113. The number of hydrogen-bond donors (Lipinski definition) is 0. The molecule has 0 saturated heterocycles. The average molecular weight is 293 g/mol. The molecule has 0 N–H and O–H groups in total. The Morgan fingerprint density at radius 3 is 2.57 bits per heavy atom. The van der Waals surface area contributed by atoms with Crippen molar-refractivity contribution in [1.29, 1.82) is 0 Å². The number of carbonyl (C=O) groups is 1. The third-order valence-corrected chi connectivity index (χ3v) is 3.73. The number of methoxy groups -OCH3 is 2. The molecule has 4 nitrogen and oxygen atoms in total. The van der Waals surface area contributed by atoms with Crippen LogP contribution in [-0.2, 0) is 4.79 Å². The van der Waals surface area contributed by atoms with Gasteiger partial charge in [-0.2, -0.15) is 0 Å². The van der Waals surface area contributed by atoms with E-state index in [-0.39, 0.29) is 11.8 Å². The van der Waals surface area contributed by atoms with E-state index in [0.29, 0.717) is 6.42 Å². The molecule has 4 heteroatoms. The van der Waals surface area contributed by atoms with Gasteiger partial charge in [-0.3, -0.25) is 4.79 Å². The van der Waals surface area contributed by atoms with Gasteiger partial charge in [0.05, 0.1) is 14.2 Å². The molecule has 0 aliphatic heterocycles. The second-order valence-corrected chi connectivity index (χ2v) is 5.38. The van der Waals surface area contributed by atoms with Crippen LogP contribution in [0.1, 0.15) is 44.6 Å². The number of ether oxygens (including phenoxy) is 2. The summed E-state index contributed by atoms with van der Waals surface area (Å²) in [5.74, 6) is 1.82. The molecule has 1 amide bonds. The molecule has 1 unspecified atom stereocenters. The van der Waals surface area contributed by atoms with E-state index in [1.807, 2.05) is 30.1 Å². The minimum Gasteiger partial charge on any atom is -0.497 e. The minimum atomic E-state index is 0.113. The van der Waals surface area contributed by atoms with Gasteiger partial charge in [-0.1, -0.05) is 26.3 Å². The van der Waals surface area contributed by atoms with Crippen molar-refractivity contribution in [1.82, 2.24) is 4.90 Å². The molecule has 0 heterocycles. The monoisotopic (exact) mass is 293 g/mol. The predicted octanol–water partition coefficient (Wildman–Crippen LogP) is 3.46. The first-order valence-corrected chi connectivity index (χ1v) is 7.49. The second-order valence-electron chi connectivity index (χ2n) is 5.38. The van der Waals surface area contributed by atoms with E-state index in [1.54, 1.807) is 14.2 Å². The van der Waals surface area contributed by atoms with Crippen LogP contribution in [0.2, 0.25) is 0 Å². The first-order chi connectivity index (χ1) is 10.0. The highest BCUT2D eigenvalue weighted by atomic mass is 16.5. The predicted molar refractivity (Wildman–Crippen MR) is 85.1 cm³/mol. The first kappa shape index (κ1) is 17.3. The van der Waals surface area contributed by atoms with Crippen LogP contribution in [0.4, 0.5) is 0 Å². The molecule has 0 spiro atoms. The smallest absolute Gasteiger partial charge is 0.222 e. The number of nitrogens with zero attached hydrogens (tertiary/aromatic N) is 1. The maximum Gasteiger partial charge on any atom is 0.222 e. The quantitative estimate of drug-likeness (QED) is 0.737. The third kappa shape index (κ3) is 4.96. The molecular formula is C17H27NO3. The van der Waals surface area contributed by atoms with Crippen molar-refractivity contribution < 1.29 is 14.3 Å². The zero-order chi connectivity index (χ0) is 15.8. The van der Waals surface area contributed by atoms with Crippen LogP contribution >= 0.6 is 0 Å². The molecule has 0 radical (unpaired) electrons. The lowest BCUT2D eigenvalue weighted by atomic mass is 9.96. The van der Waals surface area contributed by atoms with Gasteiger partial charge in [0.1, 0.15) is 11.5 Å². The summed E-state index contributed by atoms with van der Waals surface area (Å²) in [6, 6.07) is 5.73. The summed E-state index contributed by atoms with van der Waals surface area (Å²) in [6.07, 6.45) is 2.63. The molecule has 0 aliphatic rings. The number of unbranched alkanes of at least 4 members (excludes halogenated alkanes) is 1. The lowest BCUT2D eigenvalue weighted by Crippen LogP contribution is -2.28. The fourth-order valence-electron chi connectivity index (χ4n) is 2.27. The Balaban J connectivity index is 2.74. The van der Waals surface area contributed by atoms with Crippen LogP contribution in [0.5, 0.6) is 11.5 Å². The number of hydrogen-bond acceptors (Lipinski definition) is 3. The van der Waals surface area contributed by atoms with E-state index >= 15 is 0 Å². The lowest BCUT2D eigenvalue weighted by molar-refractivity contribution is -0.130. The molecule has 21 heavy (non-hydrogen) atoms. The highest BCUT2D eigenvalue weighted by molar-refractivity contribution is 5.77. The van der Waals surface area contributed by atoms with Crippen molar-refractivity contribution >= 4 is 5.91 Å². The Kier molecular flexibility index (Phi) is 7.06. The third-order valence-electron chi connectivity index (χ3n) is 3.73. The van der Waals surface area contributed by atoms with Gasteiger partial charge >= 0.3 is 0 Å². The van der Waals surface area contributed by atoms with Crippen molar-refractivity contribution in [2.24, 2.45) is 0 Å². The number of carbonyl (C=O) groups excluding carboxylic acids is 1. The standard InChI is InChI=1S/C17H27NO3/c1-6-7-10-18(3)17(19)11-13(2)15-9-8-14(20-4)12-16(15)21-5/h8-9,12-13H,6-7,10-11H2,1-5H3. The van der Waals surface area contributed by atoms with Gasteiger partial charge in [-0.25, -0.2) is 0 Å². The number of rotatable bonds is 8. The number of amides is 1. The second kappa shape index (κ2) is 8.55. The highest BCUT2D eigenvalue weighted by Gasteiger charge is 2.18. The Morgan fingerprint density at radius 2 is 2.00 bits per heavy atom. The zero-order valence-electron chi connectivity index (χ0n) is 13.8. The van der Waals surface area contributed by atoms with Crippen molar-refractivity contribution in [3.05, 3.63) is 23.8 Å². The van der Waals surface area contributed by atoms with Crippen LogP contribution < -0.4 is 9.47 Å². The zero-order valence-corrected chi connectivity index (χ0v) is 13.8. The van der Waals surface area contributed by atoms with Crippen LogP contribution in [0, 0.1) is 0 Å². The summed E-state index contributed by atoms with van der Waals surface area (Å²) in [6.45, 7) is 5.00. The van der Waals surface area contributed by atoms with Crippen LogP contribution in [0.3, 0.4) is 0 Å². The lowest BCUT2D eigenvalue weighted by Gasteiger charge is -2.21. The maximum absolute atomic E-state index is 12.2. The van der Waals surface area contributed by atoms with Gasteiger partial charge in [-0.15, -0.1) is 0 Å². The van der Waals surface area contributed by atoms with E-state index in [2.05, 4.69) is 13.8 Å². The van der Waals surface area contributed by atoms with Crippen molar-refractivity contribution in [2.75, 3.05) is 27.8 Å². The van der Waals surface area contributed by atoms with Crippen molar-refractivity contribution in [2.45, 2.75) is 39.0 Å². The fraction of sp³-hybridized carbons (Fsp3) is 0.588. The van der Waals surface area contributed by atoms with E-state index < -0.39 is 0 Å². The first-order valence-electron chi connectivity index (χ1n) is 7.49. The summed E-state index contributed by atoms with van der Waals surface area (Å²) in [5, 5.41) is 0. The number of benzene rings is 1. The van der Waals surface area contributed by atoms with Gasteiger partial charge in [0, 0.05) is 26.1 Å². The molecule has 1 rings (SSSR count). The summed E-state index contributed by atoms with van der Waals surface area (Å²) in [7, 11) is 5.14. The summed E-state index contributed by atoms with van der Waals surface area (Å²) in [5.41, 5.74) is 1.04. The van der Waals surface area contributed by atoms with Gasteiger partial charge in [0.25, 0.3) is 0 Å². The van der Waals surface area contributed by atoms with Gasteiger partial charge in [0.2, 0.25) is 5.91 Å². The Morgan fingerprint density at radius 1 is 1.29 bits per heavy atom. The molecule has 118 valence electrons. The summed E-state index contributed by atoms with van der Waals surface area (Å²) >= 11 is 0. The van der Waals surface area contributed by atoms with Crippen molar-refractivity contribution in [3.63, 3.8) is 0 Å². The van der Waals surface area contributed by atoms with E-state index in [0.717, 1.165) is 36.4 Å². The molecule has 1 aromatic carbocycles. The van der Waals surface area contributed by atoms with Gasteiger partial charge in [-0.05, 0) is 24.0 Å². The Bertz CT molecular complexity index is 459. The fourth-order valence-corrected chi connectivity index (χ4v) is 2.27. The van der Waals surface area contributed by atoms with Crippen LogP contribution in [-0.4, -0.2) is 38.6 Å². The molecule has 0 bridgehead atoms. The molecular weight excluding hydrogens is 266 g/mol. The van der Waals surface area contributed by atoms with Crippen LogP contribution in [0.15, 0.2) is 18.2 Å². The molecule has 0 saturated carbocycles.